The molecule has 0 aromatic carbocycles. The van der Waals surface area contributed by atoms with Gasteiger partial charge in [0.15, 0.2) is 5.65 Å². The Hall–Kier alpha value is -2.48. The molecule has 4 heterocycles. The van der Waals surface area contributed by atoms with Gasteiger partial charge in [-0.15, -0.1) is 0 Å². The number of likely N-dealkylation sites (tertiary alicyclic amines) is 1. The Balaban J connectivity index is 1.69. The molecule has 3 aromatic heterocycles. The van der Waals surface area contributed by atoms with Crippen molar-refractivity contribution in [2.75, 3.05) is 13.1 Å². The Labute approximate surface area is 142 Å². The number of piperidine rings is 1. The number of aromatic nitrogens is 4. The smallest absolute Gasteiger partial charge is 0.330 e. The largest absolute Gasteiger partial charge is 0.337 e. The quantitative estimate of drug-likeness (QED) is 0.709. The Bertz CT molecular complexity index is 943. The van der Waals surface area contributed by atoms with Gasteiger partial charge in [0.1, 0.15) is 11.8 Å². The van der Waals surface area contributed by atoms with Crippen LogP contribution >= 0.6 is 11.3 Å². The highest BCUT2D eigenvalue weighted by Gasteiger charge is 2.28. The van der Waals surface area contributed by atoms with Gasteiger partial charge in [-0.25, -0.2) is 14.8 Å². The van der Waals surface area contributed by atoms with Crippen LogP contribution in [0.4, 0.5) is 0 Å². The first-order chi connectivity index (χ1) is 11.7. The number of hydrogen-bond acceptors (Lipinski definition) is 5. The van der Waals surface area contributed by atoms with Crippen LogP contribution in [0.5, 0.6) is 0 Å². The molecule has 1 atom stereocenters. The topological polar surface area (TPSA) is 73.0 Å². The number of nitrogens with zero attached hydrogens (tertiary/aromatic N) is 5. The summed E-state index contributed by atoms with van der Waals surface area (Å²) in [5.74, 6) is 0.0314. The van der Waals surface area contributed by atoms with E-state index in [1.165, 1.54) is 17.7 Å². The van der Waals surface area contributed by atoms with Crippen molar-refractivity contribution < 1.29 is 4.79 Å². The normalized spacial score (nSPS) is 18.2. The van der Waals surface area contributed by atoms with Gasteiger partial charge in [-0.1, -0.05) is 0 Å². The van der Waals surface area contributed by atoms with Gasteiger partial charge in [-0.05, 0) is 24.3 Å². The van der Waals surface area contributed by atoms with E-state index >= 15 is 0 Å². The van der Waals surface area contributed by atoms with Crippen LogP contribution in [0.3, 0.4) is 0 Å². The van der Waals surface area contributed by atoms with E-state index < -0.39 is 0 Å². The molecule has 1 amide bonds. The van der Waals surface area contributed by atoms with Gasteiger partial charge in [0.2, 0.25) is 0 Å². The predicted octanol–water partition coefficient (Wildman–Crippen LogP) is 1.67. The molecular formula is C16H17N5O2S. The van der Waals surface area contributed by atoms with Crippen molar-refractivity contribution in [3.8, 4) is 0 Å². The fraction of sp³-hybridized carbons (Fsp3) is 0.375. The van der Waals surface area contributed by atoms with E-state index in [0.717, 1.165) is 19.4 Å². The average molecular weight is 343 g/mol. The number of hydrogen-bond donors (Lipinski definition) is 0. The third-order valence-corrected chi connectivity index (χ3v) is 5.26. The Morgan fingerprint density at radius 3 is 3.08 bits per heavy atom. The van der Waals surface area contributed by atoms with Crippen molar-refractivity contribution >= 4 is 28.4 Å². The number of carbonyl (C=O) groups is 1. The molecule has 3 aromatic rings. The second-order valence-electron chi connectivity index (χ2n) is 6.00. The standard InChI is InChI=1S/C16H17N5O2S/c1-19-13-7-17-10-18-14(13)21(16(19)23)12-3-2-5-20(8-12)15(22)11-4-6-24-9-11/h4,6-7,9-10,12H,2-3,5,8H2,1H3/t12-/m1/s1. The summed E-state index contributed by atoms with van der Waals surface area (Å²) in [5, 5.41) is 3.77. The first-order valence-electron chi connectivity index (χ1n) is 7.85. The third-order valence-electron chi connectivity index (χ3n) is 4.57. The van der Waals surface area contributed by atoms with E-state index in [2.05, 4.69) is 9.97 Å². The SMILES string of the molecule is Cn1c(=O)n([C@@H]2CCCN(C(=O)c3ccsc3)C2)c2ncncc21. The summed E-state index contributed by atoms with van der Waals surface area (Å²) in [5.41, 5.74) is 1.95. The van der Waals surface area contributed by atoms with Crippen LogP contribution in [0, 0.1) is 0 Å². The lowest BCUT2D eigenvalue weighted by Gasteiger charge is -2.33. The highest BCUT2D eigenvalue weighted by molar-refractivity contribution is 7.08. The van der Waals surface area contributed by atoms with Crippen LogP contribution < -0.4 is 5.69 Å². The summed E-state index contributed by atoms with van der Waals surface area (Å²) >= 11 is 1.51. The van der Waals surface area contributed by atoms with Gasteiger partial charge < -0.3 is 4.90 Å². The minimum atomic E-state index is -0.111. The van der Waals surface area contributed by atoms with Gasteiger partial charge in [0.05, 0.1) is 17.8 Å². The fourth-order valence-corrected chi connectivity index (χ4v) is 3.97. The average Bonchev–Trinajstić information content (AvgIpc) is 3.23. The molecule has 0 unspecified atom stereocenters. The molecule has 1 aliphatic rings. The molecule has 124 valence electrons. The summed E-state index contributed by atoms with van der Waals surface area (Å²) < 4.78 is 3.28. The number of rotatable bonds is 2. The molecule has 0 saturated carbocycles. The highest BCUT2D eigenvalue weighted by atomic mass is 32.1. The summed E-state index contributed by atoms with van der Waals surface area (Å²) in [4.78, 5) is 35.4. The lowest BCUT2D eigenvalue weighted by atomic mass is 10.0. The molecule has 24 heavy (non-hydrogen) atoms. The van der Waals surface area contributed by atoms with E-state index in [4.69, 9.17) is 0 Å². The van der Waals surface area contributed by atoms with E-state index in [1.807, 2.05) is 21.7 Å². The summed E-state index contributed by atoms with van der Waals surface area (Å²) in [6.07, 6.45) is 4.83. The van der Waals surface area contributed by atoms with Crippen LogP contribution in [0.15, 0.2) is 34.1 Å². The monoisotopic (exact) mass is 343 g/mol. The summed E-state index contributed by atoms with van der Waals surface area (Å²) in [7, 11) is 1.72. The van der Waals surface area contributed by atoms with Gasteiger partial charge in [-0.2, -0.15) is 11.3 Å². The summed E-state index contributed by atoms with van der Waals surface area (Å²) in [6, 6.07) is 1.78. The van der Waals surface area contributed by atoms with E-state index in [0.29, 0.717) is 23.3 Å². The summed E-state index contributed by atoms with van der Waals surface area (Å²) in [6.45, 7) is 1.25. The van der Waals surface area contributed by atoms with Crippen LogP contribution in [0.25, 0.3) is 11.2 Å². The molecule has 8 heteroatoms. The number of fused-ring (bicyclic) bond motifs is 1. The van der Waals surface area contributed by atoms with Crippen LogP contribution in [0.2, 0.25) is 0 Å². The maximum Gasteiger partial charge on any atom is 0.330 e. The molecule has 0 spiro atoms. The van der Waals surface area contributed by atoms with Crippen molar-refractivity contribution in [1.82, 2.24) is 24.0 Å². The molecular weight excluding hydrogens is 326 g/mol. The Kier molecular flexibility index (Phi) is 3.68. The van der Waals surface area contributed by atoms with Crippen molar-refractivity contribution in [3.63, 3.8) is 0 Å². The molecule has 0 radical (unpaired) electrons. The fourth-order valence-electron chi connectivity index (χ4n) is 3.34. The number of imidazole rings is 1. The van der Waals surface area contributed by atoms with Gasteiger partial charge in [0.25, 0.3) is 5.91 Å². The Morgan fingerprint density at radius 2 is 2.29 bits per heavy atom. The zero-order chi connectivity index (χ0) is 16.7. The Morgan fingerprint density at radius 1 is 1.42 bits per heavy atom. The highest BCUT2D eigenvalue weighted by Crippen LogP contribution is 2.25. The zero-order valence-corrected chi connectivity index (χ0v) is 14.1. The first-order valence-corrected chi connectivity index (χ1v) is 8.79. The second-order valence-corrected chi connectivity index (χ2v) is 6.78. The van der Waals surface area contributed by atoms with Gasteiger partial charge >= 0.3 is 5.69 Å². The van der Waals surface area contributed by atoms with Crippen LogP contribution in [-0.2, 0) is 7.05 Å². The lowest BCUT2D eigenvalue weighted by Crippen LogP contribution is -2.42. The molecule has 1 saturated heterocycles. The van der Waals surface area contributed by atoms with Crippen molar-refractivity contribution in [2.45, 2.75) is 18.9 Å². The predicted molar refractivity (Wildman–Crippen MR) is 91.3 cm³/mol. The van der Waals surface area contributed by atoms with Gasteiger partial charge in [0, 0.05) is 25.5 Å². The van der Waals surface area contributed by atoms with Crippen molar-refractivity contribution in [2.24, 2.45) is 7.05 Å². The third kappa shape index (κ3) is 2.34. The minimum absolute atomic E-state index is 0.0314. The first kappa shape index (κ1) is 15.1. The lowest BCUT2D eigenvalue weighted by molar-refractivity contribution is 0.0679. The molecule has 1 aliphatic heterocycles. The number of carbonyl (C=O) groups excluding carboxylic acids is 1. The zero-order valence-electron chi connectivity index (χ0n) is 13.3. The van der Waals surface area contributed by atoms with Gasteiger partial charge in [-0.3, -0.25) is 13.9 Å². The van der Waals surface area contributed by atoms with E-state index in [1.54, 1.807) is 22.4 Å². The number of thiophene rings is 1. The van der Waals surface area contributed by atoms with Crippen molar-refractivity contribution in [3.05, 3.63) is 45.4 Å². The molecule has 0 N–H and O–H groups in total. The molecule has 7 nitrogen and oxygen atoms in total. The molecule has 0 bridgehead atoms. The van der Waals surface area contributed by atoms with E-state index in [9.17, 15) is 9.59 Å². The second kappa shape index (κ2) is 5.86. The maximum atomic E-state index is 12.6. The molecule has 4 rings (SSSR count). The minimum Gasteiger partial charge on any atom is -0.337 e. The molecule has 1 fully saturated rings. The number of amides is 1. The molecule has 0 aliphatic carbocycles. The van der Waals surface area contributed by atoms with E-state index in [-0.39, 0.29) is 17.6 Å². The number of aryl methyl sites for hydroxylation is 1. The maximum absolute atomic E-state index is 12.6. The van der Waals surface area contributed by atoms with Crippen LogP contribution in [-0.4, -0.2) is 43.0 Å². The van der Waals surface area contributed by atoms with Crippen molar-refractivity contribution in [1.29, 1.82) is 0 Å². The van der Waals surface area contributed by atoms with Crippen LogP contribution in [0.1, 0.15) is 29.2 Å².